The number of hydrogen-bond acceptors (Lipinski definition) is 5. The largest absolute Gasteiger partial charge is 0.480 e. The Hall–Kier alpha value is -1.35. The van der Waals surface area contributed by atoms with Gasteiger partial charge in [-0.2, -0.15) is 0 Å². The second-order valence-electron chi connectivity index (χ2n) is 4.84. The van der Waals surface area contributed by atoms with Gasteiger partial charge in [0.2, 0.25) is 0 Å². The third-order valence-corrected chi connectivity index (χ3v) is 3.85. The number of hydrogen-bond donors (Lipinski definition) is 3. The fraction of sp³-hybridized carbons (Fsp3) is 0.800. The first-order valence-corrected chi connectivity index (χ1v) is 7.82. The number of aliphatic hydroxyl groups excluding tert-OH is 1. The number of carboxylic acids is 1. The number of urea groups is 1. The highest BCUT2D eigenvalue weighted by atomic mass is 32.2. The number of amides is 2. The molecule has 0 radical (unpaired) electrons. The number of nitrogens with zero attached hydrogens (tertiary/aromatic N) is 1. The van der Waals surface area contributed by atoms with E-state index in [2.05, 4.69) is 5.32 Å². The van der Waals surface area contributed by atoms with Crippen LogP contribution in [0, 0.1) is 0 Å². The minimum atomic E-state index is -3.23. The molecule has 8 nitrogen and oxygen atoms in total. The van der Waals surface area contributed by atoms with Crippen molar-refractivity contribution in [2.24, 2.45) is 0 Å². The Morgan fingerprint density at radius 2 is 2.05 bits per heavy atom. The van der Waals surface area contributed by atoms with Crippen LogP contribution in [0.15, 0.2) is 0 Å². The quantitative estimate of drug-likeness (QED) is 0.589. The molecule has 1 rings (SSSR count). The minimum Gasteiger partial charge on any atom is -0.480 e. The normalized spacial score (nSPS) is 25.1. The maximum atomic E-state index is 11.8. The Labute approximate surface area is 111 Å². The van der Waals surface area contributed by atoms with Gasteiger partial charge in [0.1, 0.15) is 15.9 Å². The van der Waals surface area contributed by atoms with Crippen LogP contribution in [0.3, 0.4) is 0 Å². The van der Waals surface area contributed by atoms with Gasteiger partial charge < -0.3 is 20.4 Å². The maximum Gasteiger partial charge on any atom is 0.326 e. The molecule has 1 aliphatic rings. The third kappa shape index (κ3) is 4.67. The Balaban J connectivity index is 2.64. The van der Waals surface area contributed by atoms with E-state index in [0.29, 0.717) is 0 Å². The molecule has 2 amide bonds. The zero-order chi connectivity index (χ0) is 14.8. The second kappa shape index (κ2) is 5.74. The molecule has 1 saturated heterocycles. The highest BCUT2D eigenvalue weighted by Crippen LogP contribution is 2.18. The number of aliphatic carboxylic acids is 1. The molecule has 9 heteroatoms. The fourth-order valence-corrected chi connectivity index (χ4v) is 3.05. The fourth-order valence-electron chi connectivity index (χ4n) is 2.06. The molecule has 0 aromatic carbocycles. The van der Waals surface area contributed by atoms with Crippen molar-refractivity contribution in [3.8, 4) is 0 Å². The molecule has 0 saturated carbocycles. The number of aliphatic hydroxyl groups is 1. The van der Waals surface area contributed by atoms with Crippen LogP contribution >= 0.6 is 0 Å². The van der Waals surface area contributed by atoms with Crippen LogP contribution in [0.5, 0.6) is 0 Å². The van der Waals surface area contributed by atoms with E-state index >= 15 is 0 Å². The zero-order valence-corrected chi connectivity index (χ0v) is 11.6. The van der Waals surface area contributed by atoms with Gasteiger partial charge in [0.05, 0.1) is 11.9 Å². The van der Waals surface area contributed by atoms with E-state index in [1.165, 1.54) is 6.92 Å². The van der Waals surface area contributed by atoms with Crippen LogP contribution in [0.1, 0.15) is 13.3 Å². The summed E-state index contributed by atoms with van der Waals surface area (Å²) in [6, 6.07) is -2.39. The molecule has 1 aliphatic heterocycles. The second-order valence-corrected chi connectivity index (χ2v) is 7.02. The van der Waals surface area contributed by atoms with E-state index in [-0.39, 0.29) is 18.7 Å². The Morgan fingerprint density at radius 1 is 1.47 bits per heavy atom. The lowest BCUT2D eigenvalue weighted by atomic mass is 10.2. The number of rotatable bonds is 4. The number of carboxylic acid groups (broad SMARTS) is 1. The van der Waals surface area contributed by atoms with Crippen molar-refractivity contribution in [2.75, 3.05) is 18.6 Å². The SMILES string of the molecule is CC(CS(C)(=O)=O)NC(=O)N1C[C@@H](O)C[C@H]1C(=O)O. The molecule has 1 heterocycles. The third-order valence-electron chi connectivity index (χ3n) is 2.75. The Bertz CT molecular complexity index is 463. The summed E-state index contributed by atoms with van der Waals surface area (Å²) in [5.41, 5.74) is 0. The lowest BCUT2D eigenvalue weighted by Gasteiger charge is -2.23. The molecule has 110 valence electrons. The van der Waals surface area contributed by atoms with Gasteiger partial charge in [-0.15, -0.1) is 0 Å². The smallest absolute Gasteiger partial charge is 0.326 e. The first kappa shape index (κ1) is 15.7. The molecule has 0 bridgehead atoms. The van der Waals surface area contributed by atoms with Gasteiger partial charge in [-0.1, -0.05) is 0 Å². The average molecular weight is 294 g/mol. The van der Waals surface area contributed by atoms with Crippen LogP contribution in [-0.2, 0) is 14.6 Å². The van der Waals surface area contributed by atoms with E-state index in [1.807, 2.05) is 0 Å². The molecule has 1 fully saturated rings. The molecule has 19 heavy (non-hydrogen) atoms. The van der Waals surface area contributed by atoms with Crippen LogP contribution in [0.25, 0.3) is 0 Å². The number of nitrogens with one attached hydrogen (secondary N) is 1. The minimum absolute atomic E-state index is 0.0246. The van der Waals surface area contributed by atoms with Crippen molar-refractivity contribution in [3.05, 3.63) is 0 Å². The summed E-state index contributed by atoms with van der Waals surface area (Å²) in [6.07, 6.45) is 0.149. The molecule has 3 N–H and O–H groups in total. The van der Waals surface area contributed by atoms with Crippen molar-refractivity contribution in [1.29, 1.82) is 0 Å². The molecule has 3 atom stereocenters. The van der Waals surface area contributed by atoms with Crippen LogP contribution in [-0.4, -0.2) is 72.3 Å². The van der Waals surface area contributed by atoms with Crippen molar-refractivity contribution >= 4 is 21.8 Å². The summed E-state index contributed by atoms with van der Waals surface area (Å²) in [4.78, 5) is 23.8. The lowest BCUT2D eigenvalue weighted by Crippen LogP contribution is -2.49. The number of β-amino-alcohol motifs (C(OH)–C–C–N with tert-alkyl or cyclic N) is 1. The average Bonchev–Trinajstić information content (AvgIpc) is 2.57. The van der Waals surface area contributed by atoms with Gasteiger partial charge >= 0.3 is 12.0 Å². The maximum absolute atomic E-state index is 11.8. The van der Waals surface area contributed by atoms with Gasteiger partial charge in [0.15, 0.2) is 0 Å². The number of carbonyl (C=O) groups excluding carboxylic acids is 1. The van der Waals surface area contributed by atoms with Gasteiger partial charge in [-0.25, -0.2) is 18.0 Å². The summed E-state index contributed by atoms with van der Waals surface area (Å²) in [5, 5.41) is 20.8. The number of sulfone groups is 1. The molecule has 0 aromatic rings. The molecule has 0 aliphatic carbocycles. The van der Waals surface area contributed by atoms with Crippen molar-refractivity contribution in [1.82, 2.24) is 10.2 Å². The van der Waals surface area contributed by atoms with Crippen LogP contribution in [0.2, 0.25) is 0 Å². The first-order valence-electron chi connectivity index (χ1n) is 5.76. The van der Waals surface area contributed by atoms with E-state index in [0.717, 1.165) is 11.2 Å². The summed E-state index contributed by atoms with van der Waals surface area (Å²) in [5.74, 6) is -1.42. The predicted octanol–water partition coefficient (Wildman–Crippen LogP) is -1.35. The molecule has 0 aromatic heterocycles. The molecule has 0 spiro atoms. The van der Waals surface area contributed by atoms with E-state index in [9.17, 15) is 23.1 Å². The van der Waals surface area contributed by atoms with E-state index in [4.69, 9.17) is 5.11 Å². The van der Waals surface area contributed by atoms with E-state index in [1.54, 1.807) is 0 Å². The van der Waals surface area contributed by atoms with E-state index < -0.39 is 40.0 Å². The number of likely N-dealkylation sites (tertiary alicyclic amines) is 1. The molecule has 1 unspecified atom stereocenters. The predicted molar refractivity (Wildman–Crippen MR) is 66.5 cm³/mol. The zero-order valence-electron chi connectivity index (χ0n) is 10.7. The van der Waals surface area contributed by atoms with Crippen molar-refractivity contribution in [3.63, 3.8) is 0 Å². The Kier molecular flexibility index (Phi) is 4.75. The highest BCUT2D eigenvalue weighted by Gasteiger charge is 2.39. The summed E-state index contributed by atoms with van der Waals surface area (Å²) in [6.45, 7) is 1.44. The standard InChI is InChI=1S/C10H18N2O6S/c1-6(5-19(2,17)18)11-10(16)12-4-7(13)3-8(12)9(14)15/h6-8,13H,3-5H2,1-2H3,(H,11,16)(H,14,15)/t6?,7-,8-/m0/s1. The lowest BCUT2D eigenvalue weighted by molar-refractivity contribution is -0.141. The first-order chi connectivity index (χ1) is 8.60. The Morgan fingerprint density at radius 3 is 2.53 bits per heavy atom. The summed E-state index contributed by atoms with van der Waals surface area (Å²) >= 11 is 0. The van der Waals surface area contributed by atoms with Gasteiger partial charge in [-0.3, -0.25) is 0 Å². The monoisotopic (exact) mass is 294 g/mol. The highest BCUT2D eigenvalue weighted by molar-refractivity contribution is 7.90. The van der Waals surface area contributed by atoms with Gasteiger partial charge in [0, 0.05) is 25.3 Å². The molecular formula is C10H18N2O6S. The van der Waals surface area contributed by atoms with Gasteiger partial charge in [0.25, 0.3) is 0 Å². The van der Waals surface area contributed by atoms with Crippen LogP contribution in [0.4, 0.5) is 4.79 Å². The summed E-state index contributed by atoms with van der Waals surface area (Å²) in [7, 11) is -3.23. The van der Waals surface area contributed by atoms with Crippen molar-refractivity contribution < 1.29 is 28.2 Å². The van der Waals surface area contributed by atoms with Crippen LogP contribution < -0.4 is 5.32 Å². The number of carbonyl (C=O) groups is 2. The topological polar surface area (TPSA) is 124 Å². The van der Waals surface area contributed by atoms with Gasteiger partial charge in [-0.05, 0) is 6.92 Å². The van der Waals surface area contributed by atoms with Crippen molar-refractivity contribution in [2.45, 2.75) is 31.5 Å². The summed E-state index contributed by atoms with van der Waals surface area (Å²) < 4.78 is 22.1. The molecular weight excluding hydrogens is 276 g/mol.